The van der Waals surface area contributed by atoms with Crippen molar-refractivity contribution in [3.8, 4) is 17.2 Å². The lowest BCUT2D eigenvalue weighted by molar-refractivity contribution is -0.274. The molecule has 2 aliphatic rings. The molecule has 0 atom stereocenters. The van der Waals surface area contributed by atoms with Crippen LogP contribution >= 0.6 is 23.2 Å². The third kappa shape index (κ3) is 10.0. The van der Waals surface area contributed by atoms with Crippen LogP contribution in [-0.4, -0.2) is 61.1 Å². The monoisotopic (exact) mass is 684 g/mol. The highest BCUT2D eigenvalue weighted by molar-refractivity contribution is 6.37. The second-order valence-electron chi connectivity index (χ2n) is 10.3. The van der Waals surface area contributed by atoms with E-state index in [1.807, 2.05) is 12.1 Å². The van der Waals surface area contributed by atoms with Crippen molar-refractivity contribution in [3.63, 3.8) is 0 Å². The number of nitrogens with one attached hydrogen (secondary N) is 1. The quantitative estimate of drug-likeness (QED) is 0.126. The second-order valence-corrected chi connectivity index (χ2v) is 11.1. The zero-order chi connectivity index (χ0) is 33.3. The zero-order valence-electron chi connectivity index (χ0n) is 24.3. The van der Waals surface area contributed by atoms with Crippen LogP contribution in [0.4, 0.5) is 17.6 Å². The summed E-state index contributed by atoms with van der Waals surface area (Å²) in [7, 11) is 0. The minimum atomic E-state index is -4.79. The number of amides is 1. The van der Waals surface area contributed by atoms with Gasteiger partial charge in [-0.05, 0) is 78.9 Å². The van der Waals surface area contributed by atoms with E-state index in [-0.39, 0.29) is 59.7 Å². The van der Waals surface area contributed by atoms with E-state index >= 15 is 0 Å². The first kappa shape index (κ1) is 34.9. The molecular weight excluding hydrogens is 655 g/mol. The second kappa shape index (κ2) is 16.0. The van der Waals surface area contributed by atoms with Gasteiger partial charge in [0.15, 0.2) is 5.75 Å². The standard InChI is InChI=1S/C31H28Cl2F4N2O4.CH2O2/c32-27-15-21(34)16-28(33)29(27)42-13-12-41-23-8-4-20(5-9-23)25-10-11-38-17-26(25)30(40)39(22-6-7-22)18-19-2-1-3-24(14-19)43-31(35,36)37;2-1-3/h1-5,8-9,14-16,22,38H,6-7,10-13,17-18H2;1H,(H,2,3). The summed E-state index contributed by atoms with van der Waals surface area (Å²) in [6, 6.07) is 15.4. The predicted octanol–water partition coefficient (Wildman–Crippen LogP) is 7.13. The van der Waals surface area contributed by atoms with E-state index in [2.05, 4.69) is 10.1 Å². The fourth-order valence-electron chi connectivity index (χ4n) is 4.89. The summed E-state index contributed by atoms with van der Waals surface area (Å²) in [5.74, 6) is -0.239. The van der Waals surface area contributed by atoms with Gasteiger partial charge >= 0.3 is 6.36 Å². The van der Waals surface area contributed by atoms with Crippen molar-refractivity contribution in [2.75, 3.05) is 26.3 Å². The molecule has 1 saturated carbocycles. The molecule has 3 aromatic carbocycles. The molecule has 0 spiro atoms. The molecule has 1 amide bonds. The lowest BCUT2D eigenvalue weighted by Crippen LogP contribution is -2.39. The lowest BCUT2D eigenvalue weighted by Gasteiger charge is -2.28. The number of benzene rings is 3. The molecule has 46 heavy (non-hydrogen) atoms. The molecular formula is C32H30Cl2F4N2O6. The minimum Gasteiger partial charge on any atom is -0.490 e. The van der Waals surface area contributed by atoms with Crippen molar-refractivity contribution in [2.24, 2.45) is 0 Å². The van der Waals surface area contributed by atoms with Crippen LogP contribution in [0, 0.1) is 5.82 Å². The molecule has 1 fully saturated rings. The molecule has 1 aliphatic heterocycles. The minimum absolute atomic E-state index is 0.0352. The number of hydrogen-bond donors (Lipinski definition) is 2. The van der Waals surface area contributed by atoms with E-state index in [9.17, 15) is 22.4 Å². The van der Waals surface area contributed by atoms with Crippen molar-refractivity contribution < 1.29 is 46.5 Å². The normalized spacial score (nSPS) is 14.6. The Kier molecular flexibility index (Phi) is 12.1. The SMILES string of the molecule is O=C(C1=C(c2ccc(OCCOc3c(Cl)cc(F)cc3Cl)cc2)CCNC1)N(Cc1cccc(OC(F)(F)F)c1)C1CC1.O=CO. The molecule has 2 N–H and O–H groups in total. The van der Waals surface area contributed by atoms with E-state index in [1.165, 1.54) is 18.2 Å². The van der Waals surface area contributed by atoms with Crippen LogP contribution < -0.4 is 19.5 Å². The van der Waals surface area contributed by atoms with Gasteiger partial charge in [-0.3, -0.25) is 9.59 Å². The van der Waals surface area contributed by atoms with Crippen molar-refractivity contribution in [2.45, 2.75) is 38.2 Å². The molecule has 0 saturated heterocycles. The number of carbonyl (C=O) groups is 2. The van der Waals surface area contributed by atoms with Gasteiger partial charge in [0.2, 0.25) is 0 Å². The van der Waals surface area contributed by atoms with Crippen LogP contribution in [0.3, 0.4) is 0 Å². The van der Waals surface area contributed by atoms with Gasteiger partial charge in [0.1, 0.15) is 30.5 Å². The number of halogens is 6. The zero-order valence-corrected chi connectivity index (χ0v) is 25.8. The van der Waals surface area contributed by atoms with Crippen LogP contribution in [0.1, 0.15) is 30.4 Å². The Balaban J connectivity index is 0.00000154. The van der Waals surface area contributed by atoms with Crippen LogP contribution in [0.25, 0.3) is 5.57 Å². The van der Waals surface area contributed by atoms with E-state index in [1.54, 1.807) is 23.1 Å². The first-order chi connectivity index (χ1) is 22.0. The molecule has 246 valence electrons. The summed E-state index contributed by atoms with van der Waals surface area (Å²) < 4.78 is 66.9. The molecule has 0 unspecified atom stereocenters. The molecule has 8 nitrogen and oxygen atoms in total. The lowest BCUT2D eigenvalue weighted by atomic mass is 9.93. The van der Waals surface area contributed by atoms with Gasteiger partial charge in [-0.25, -0.2) is 4.39 Å². The summed E-state index contributed by atoms with van der Waals surface area (Å²) in [6.45, 7) is 1.34. The summed E-state index contributed by atoms with van der Waals surface area (Å²) in [5.41, 5.74) is 2.99. The Morgan fingerprint density at radius 3 is 2.28 bits per heavy atom. The van der Waals surface area contributed by atoms with Gasteiger partial charge in [0, 0.05) is 24.7 Å². The average Bonchev–Trinajstić information content (AvgIpc) is 3.84. The van der Waals surface area contributed by atoms with Gasteiger partial charge in [-0.1, -0.05) is 47.5 Å². The van der Waals surface area contributed by atoms with Crippen LogP contribution in [-0.2, 0) is 16.1 Å². The molecule has 14 heteroatoms. The van der Waals surface area contributed by atoms with Gasteiger partial charge in [-0.15, -0.1) is 13.2 Å². The number of alkyl halides is 3. The van der Waals surface area contributed by atoms with Gasteiger partial charge in [0.05, 0.1) is 10.0 Å². The van der Waals surface area contributed by atoms with Crippen LogP contribution in [0.2, 0.25) is 10.0 Å². The fourth-order valence-corrected chi connectivity index (χ4v) is 5.46. The number of carbonyl (C=O) groups excluding carboxylic acids is 1. The van der Waals surface area contributed by atoms with E-state index in [0.717, 1.165) is 36.1 Å². The first-order valence-electron chi connectivity index (χ1n) is 14.2. The van der Waals surface area contributed by atoms with Crippen molar-refractivity contribution in [3.05, 3.63) is 93.2 Å². The number of carboxylic acid groups (broad SMARTS) is 1. The van der Waals surface area contributed by atoms with E-state index in [4.69, 9.17) is 42.6 Å². The number of ether oxygens (including phenoxy) is 3. The number of nitrogens with zero attached hydrogens (tertiary/aromatic N) is 1. The Labute approximate surface area is 272 Å². The Hall–Kier alpha value is -4.00. The van der Waals surface area contributed by atoms with Crippen molar-refractivity contribution >= 4 is 41.2 Å². The summed E-state index contributed by atoms with van der Waals surface area (Å²) in [5, 5.41) is 10.3. The van der Waals surface area contributed by atoms with E-state index < -0.39 is 12.2 Å². The molecule has 3 aromatic rings. The first-order valence-corrected chi connectivity index (χ1v) is 14.9. The third-order valence-electron chi connectivity index (χ3n) is 6.97. The molecule has 1 heterocycles. The Morgan fingerprint density at radius 1 is 1.00 bits per heavy atom. The highest BCUT2D eigenvalue weighted by Crippen LogP contribution is 2.35. The maximum Gasteiger partial charge on any atom is 0.573 e. The van der Waals surface area contributed by atoms with Gasteiger partial charge < -0.3 is 29.5 Å². The summed E-state index contributed by atoms with van der Waals surface area (Å²) in [6.07, 6.45) is -2.47. The number of rotatable bonds is 11. The number of hydrogen-bond acceptors (Lipinski definition) is 6. The topological polar surface area (TPSA) is 97.3 Å². The van der Waals surface area contributed by atoms with Crippen LogP contribution in [0.15, 0.2) is 66.2 Å². The highest BCUT2D eigenvalue weighted by Gasteiger charge is 2.36. The van der Waals surface area contributed by atoms with E-state index in [0.29, 0.717) is 36.4 Å². The molecule has 5 rings (SSSR count). The van der Waals surface area contributed by atoms with Crippen molar-refractivity contribution in [1.82, 2.24) is 10.2 Å². The molecule has 0 bridgehead atoms. The molecule has 0 aromatic heterocycles. The Morgan fingerprint density at radius 2 is 1.65 bits per heavy atom. The smallest absolute Gasteiger partial charge is 0.490 e. The maximum absolute atomic E-state index is 13.8. The fraction of sp³-hybridized carbons (Fsp3) is 0.312. The summed E-state index contributed by atoms with van der Waals surface area (Å²) >= 11 is 12.0. The maximum atomic E-state index is 13.8. The average molecular weight is 685 g/mol. The van der Waals surface area contributed by atoms with Gasteiger partial charge in [-0.2, -0.15) is 0 Å². The third-order valence-corrected chi connectivity index (χ3v) is 7.54. The molecule has 1 aliphatic carbocycles. The Bertz CT molecular complexity index is 1530. The van der Waals surface area contributed by atoms with Gasteiger partial charge in [0.25, 0.3) is 12.4 Å². The summed E-state index contributed by atoms with van der Waals surface area (Å²) in [4.78, 5) is 23.9. The molecule has 0 radical (unpaired) electrons. The van der Waals surface area contributed by atoms with Crippen molar-refractivity contribution in [1.29, 1.82) is 0 Å². The predicted molar refractivity (Wildman–Crippen MR) is 164 cm³/mol. The largest absolute Gasteiger partial charge is 0.573 e. The van der Waals surface area contributed by atoms with Crippen LogP contribution in [0.5, 0.6) is 17.2 Å². The highest BCUT2D eigenvalue weighted by atomic mass is 35.5.